The molecule has 1 fully saturated rings. The Kier molecular flexibility index (Phi) is 6.06. The molecule has 27 heavy (non-hydrogen) atoms. The highest BCUT2D eigenvalue weighted by Crippen LogP contribution is 2.17. The van der Waals surface area contributed by atoms with Gasteiger partial charge in [0.25, 0.3) is 11.8 Å². The molecule has 142 valence electrons. The zero-order valence-electron chi connectivity index (χ0n) is 15.8. The van der Waals surface area contributed by atoms with Crippen molar-refractivity contribution >= 4 is 11.8 Å². The lowest BCUT2D eigenvalue weighted by molar-refractivity contribution is -0.124. The lowest BCUT2D eigenvalue weighted by Crippen LogP contribution is -2.47. The van der Waals surface area contributed by atoms with Gasteiger partial charge in [0.15, 0.2) is 6.61 Å². The van der Waals surface area contributed by atoms with E-state index in [1.165, 1.54) is 5.56 Å². The van der Waals surface area contributed by atoms with Gasteiger partial charge in [0.2, 0.25) is 0 Å². The largest absolute Gasteiger partial charge is 0.484 e. The number of aromatic nitrogens is 1. The van der Waals surface area contributed by atoms with Gasteiger partial charge in [-0.15, -0.1) is 0 Å². The van der Waals surface area contributed by atoms with Crippen molar-refractivity contribution in [2.45, 2.75) is 32.7 Å². The topological polar surface area (TPSA) is 71.5 Å². The summed E-state index contributed by atoms with van der Waals surface area (Å²) in [5.41, 5.74) is 2.93. The van der Waals surface area contributed by atoms with Crippen molar-refractivity contribution in [3.05, 3.63) is 59.4 Å². The summed E-state index contributed by atoms with van der Waals surface area (Å²) in [4.78, 5) is 30.4. The second-order valence-electron chi connectivity index (χ2n) is 6.91. The minimum absolute atomic E-state index is 0.00265. The lowest BCUT2D eigenvalue weighted by atomic mass is 10.0. The number of carbonyl (C=O) groups excluding carboxylic acids is 2. The fourth-order valence-corrected chi connectivity index (χ4v) is 3.12. The van der Waals surface area contributed by atoms with Crippen LogP contribution in [-0.4, -0.2) is 47.4 Å². The summed E-state index contributed by atoms with van der Waals surface area (Å²) in [5.74, 6) is 0.557. The molecule has 0 bridgehead atoms. The summed E-state index contributed by atoms with van der Waals surface area (Å²) >= 11 is 0. The predicted octanol–water partition coefficient (Wildman–Crippen LogP) is 2.50. The first kappa shape index (κ1) is 18.9. The van der Waals surface area contributed by atoms with E-state index in [-0.39, 0.29) is 24.5 Å². The number of ether oxygens (including phenoxy) is 1. The quantitative estimate of drug-likeness (QED) is 0.881. The zero-order chi connectivity index (χ0) is 19.2. The number of piperidine rings is 1. The first-order chi connectivity index (χ1) is 13.0. The summed E-state index contributed by atoms with van der Waals surface area (Å²) < 4.78 is 5.58. The number of benzene rings is 1. The number of pyridine rings is 1. The van der Waals surface area contributed by atoms with Gasteiger partial charge in [0, 0.05) is 31.5 Å². The first-order valence-corrected chi connectivity index (χ1v) is 9.21. The van der Waals surface area contributed by atoms with Crippen molar-refractivity contribution in [3.8, 4) is 5.75 Å². The Morgan fingerprint density at radius 2 is 1.96 bits per heavy atom. The number of likely N-dealkylation sites (tertiary alicyclic amines) is 1. The van der Waals surface area contributed by atoms with E-state index in [1.54, 1.807) is 24.5 Å². The second kappa shape index (κ2) is 8.66. The number of carbonyl (C=O) groups is 2. The van der Waals surface area contributed by atoms with E-state index in [0.29, 0.717) is 24.4 Å². The van der Waals surface area contributed by atoms with Crippen molar-refractivity contribution in [2.75, 3.05) is 19.7 Å². The van der Waals surface area contributed by atoms with E-state index in [4.69, 9.17) is 4.74 Å². The predicted molar refractivity (Wildman–Crippen MR) is 103 cm³/mol. The molecule has 0 atom stereocenters. The Bertz CT molecular complexity index is 800. The summed E-state index contributed by atoms with van der Waals surface area (Å²) in [6.45, 7) is 5.30. The lowest BCUT2D eigenvalue weighted by Gasteiger charge is -2.32. The molecule has 0 spiro atoms. The van der Waals surface area contributed by atoms with Crippen LogP contribution in [0, 0.1) is 13.8 Å². The van der Waals surface area contributed by atoms with Crippen LogP contribution in [0.3, 0.4) is 0 Å². The molecule has 0 radical (unpaired) electrons. The highest BCUT2D eigenvalue weighted by atomic mass is 16.5. The number of nitrogens with one attached hydrogen (secondary N) is 1. The Hall–Kier alpha value is -2.89. The zero-order valence-corrected chi connectivity index (χ0v) is 15.8. The molecular weight excluding hydrogens is 342 g/mol. The number of hydrogen-bond donors (Lipinski definition) is 1. The van der Waals surface area contributed by atoms with E-state index in [2.05, 4.69) is 10.3 Å². The third-order valence-electron chi connectivity index (χ3n) is 4.90. The maximum Gasteiger partial charge on any atom is 0.258 e. The molecule has 1 saturated heterocycles. The van der Waals surface area contributed by atoms with Gasteiger partial charge in [0.05, 0.1) is 5.56 Å². The molecule has 3 rings (SSSR count). The van der Waals surface area contributed by atoms with Gasteiger partial charge >= 0.3 is 0 Å². The van der Waals surface area contributed by atoms with Gasteiger partial charge < -0.3 is 15.0 Å². The first-order valence-electron chi connectivity index (χ1n) is 9.21. The third kappa shape index (κ3) is 5.06. The molecule has 1 aromatic carbocycles. The molecule has 2 heterocycles. The molecule has 1 N–H and O–H groups in total. The number of rotatable bonds is 5. The summed E-state index contributed by atoms with van der Waals surface area (Å²) in [5, 5.41) is 3.00. The van der Waals surface area contributed by atoms with Crippen LogP contribution in [0.5, 0.6) is 5.75 Å². The molecule has 1 aliphatic heterocycles. The summed E-state index contributed by atoms with van der Waals surface area (Å²) in [7, 11) is 0. The molecule has 6 nitrogen and oxygen atoms in total. The third-order valence-corrected chi connectivity index (χ3v) is 4.90. The van der Waals surface area contributed by atoms with E-state index in [0.717, 1.165) is 18.4 Å². The normalized spacial score (nSPS) is 14.7. The highest BCUT2D eigenvalue weighted by molar-refractivity contribution is 5.93. The van der Waals surface area contributed by atoms with E-state index >= 15 is 0 Å². The van der Waals surface area contributed by atoms with Crippen LogP contribution >= 0.6 is 0 Å². The van der Waals surface area contributed by atoms with E-state index in [1.807, 2.05) is 36.9 Å². The van der Waals surface area contributed by atoms with Crippen molar-refractivity contribution < 1.29 is 14.3 Å². The van der Waals surface area contributed by atoms with Crippen LogP contribution in [0.4, 0.5) is 0 Å². The van der Waals surface area contributed by atoms with Gasteiger partial charge in [-0.25, -0.2) is 0 Å². The fraction of sp³-hybridized carbons (Fsp3) is 0.381. The number of aryl methyl sites for hydroxylation is 2. The minimum Gasteiger partial charge on any atom is -0.484 e. The molecule has 0 unspecified atom stereocenters. The van der Waals surface area contributed by atoms with Gasteiger partial charge in [-0.05, 0) is 62.1 Å². The van der Waals surface area contributed by atoms with Crippen LogP contribution in [0.15, 0.2) is 42.7 Å². The molecule has 0 saturated carbocycles. The van der Waals surface area contributed by atoms with Crippen molar-refractivity contribution in [1.29, 1.82) is 0 Å². The van der Waals surface area contributed by atoms with Crippen molar-refractivity contribution in [2.24, 2.45) is 0 Å². The van der Waals surface area contributed by atoms with Gasteiger partial charge in [-0.2, -0.15) is 0 Å². The van der Waals surface area contributed by atoms with Crippen LogP contribution in [0.25, 0.3) is 0 Å². The molecule has 1 aliphatic rings. The number of amides is 2. The standard InChI is InChI=1S/C21H25N3O3/c1-15-5-6-19(12-16(15)2)27-14-20(25)23-18-7-10-24(11-8-18)21(26)17-4-3-9-22-13-17/h3-6,9,12-13,18H,7-8,10-11,14H2,1-2H3,(H,23,25). The van der Waals surface area contributed by atoms with Crippen LogP contribution in [0.2, 0.25) is 0 Å². The van der Waals surface area contributed by atoms with Crippen molar-refractivity contribution in [3.63, 3.8) is 0 Å². The molecule has 6 heteroatoms. The average Bonchev–Trinajstić information content (AvgIpc) is 2.69. The summed E-state index contributed by atoms with van der Waals surface area (Å²) in [6.07, 6.45) is 4.71. The monoisotopic (exact) mass is 367 g/mol. The SMILES string of the molecule is Cc1ccc(OCC(=O)NC2CCN(C(=O)c3cccnc3)CC2)cc1C. The van der Waals surface area contributed by atoms with Gasteiger partial charge in [-0.3, -0.25) is 14.6 Å². The van der Waals surface area contributed by atoms with Gasteiger partial charge in [-0.1, -0.05) is 6.07 Å². The molecular formula is C21H25N3O3. The maximum absolute atomic E-state index is 12.4. The van der Waals surface area contributed by atoms with E-state index in [9.17, 15) is 9.59 Å². The van der Waals surface area contributed by atoms with Crippen molar-refractivity contribution in [1.82, 2.24) is 15.2 Å². The Morgan fingerprint density at radius 1 is 1.19 bits per heavy atom. The molecule has 1 aromatic heterocycles. The van der Waals surface area contributed by atoms with Crippen LogP contribution < -0.4 is 10.1 Å². The molecule has 2 aromatic rings. The van der Waals surface area contributed by atoms with Crippen LogP contribution in [0.1, 0.15) is 34.3 Å². The maximum atomic E-state index is 12.4. The number of nitrogens with zero attached hydrogens (tertiary/aromatic N) is 2. The second-order valence-corrected chi connectivity index (χ2v) is 6.91. The smallest absolute Gasteiger partial charge is 0.258 e. The van der Waals surface area contributed by atoms with E-state index < -0.39 is 0 Å². The summed E-state index contributed by atoms with van der Waals surface area (Å²) in [6, 6.07) is 9.39. The Labute approximate surface area is 159 Å². The highest BCUT2D eigenvalue weighted by Gasteiger charge is 2.24. The fourth-order valence-electron chi connectivity index (χ4n) is 3.12. The molecule has 0 aliphatic carbocycles. The number of hydrogen-bond acceptors (Lipinski definition) is 4. The minimum atomic E-state index is -0.134. The van der Waals surface area contributed by atoms with Gasteiger partial charge in [0.1, 0.15) is 5.75 Å². The van der Waals surface area contributed by atoms with Crippen LogP contribution in [-0.2, 0) is 4.79 Å². The molecule has 2 amide bonds. The average molecular weight is 367 g/mol. The Balaban J connectivity index is 1.42. The Morgan fingerprint density at radius 3 is 2.63 bits per heavy atom.